The van der Waals surface area contributed by atoms with Crippen molar-refractivity contribution in [3.63, 3.8) is 0 Å². The Morgan fingerprint density at radius 2 is 2.13 bits per heavy atom. The number of rotatable bonds is 4. The SMILES string of the molecule is CC=Cc1ccc(NC(=O)NCC2CCOC3(CCC3)C2)cc1. The highest BCUT2D eigenvalue weighted by Gasteiger charge is 2.42. The number of anilines is 1. The first kappa shape index (κ1) is 16.1. The van der Waals surface area contributed by atoms with Crippen LogP contribution < -0.4 is 10.6 Å². The van der Waals surface area contributed by atoms with Crippen LogP contribution in [0.15, 0.2) is 30.3 Å². The molecular formula is C19H26N2O2. The van der Waals surface area contributed by atoms with Gasteiger partial charge in [0.05, 0.1) is 5.60 Å². The second-order valence-electron chi connectivity index (χ2n) is 6.70. The third-order valence-corrected chi connectivity index (χ3v) is 4.94. The minimum atomic E-state index is -0.127. The molecule has 1 aliphatic carbocycles. The number of carbonyl (C=O) groups excluding carboxylic acids is 1. The van der Waals surface area contributed by atoms with Gasteiger partial charge in [-0.3, -0.25) is 0 Å². The first-order valence-electron chi connectivity index (χ1n) is 8.61. The first-order valence-corrected chi connectivity index (χ1v) is 8.61. The average Bonchev–Trinajstić information content (AvgIpc) is 2.54. The van der Waals surface area contributed by atoms with E-state index in [9.17, 15) is 4.79 Å². The molecule has 3 rings (SSSR count). The molecule has 0 aromatic heterocycles. The average molecular weight is 314 g/mol. The van der Waals surface area contributed by atoms with Crippen molar-refractivity contribution in [2.45, 2.75) is 44.6 Å². The molecule has 1 unspecified atom stereocenters. The standard InChI is InChI=1S/C19H26N2O2/c1-2-4-15-5-7-17(8-6-15)21-18(22)20-14-16-9-12-23-19(13-16)10-3-11-19/h2,4-8,16H,3,9-14H2,1H3,(H2,20,21,22). The van der Waals surface area contributed by atoms with Crippen molar-refractivity contribution in [1.82, 2.24) is 5.32 Å². The summed E-state index contributed by atoms with van der Waals surface area (Å²) in [5.41, 5.74) is 2.09. The molecule has 2 fully saturated rings. The molecule has 0 radical (unpaired) electrons. The summed E-state index contributed by atoms with van der Waals surface area (Å²) in [4.78, 5) is 12.0. The zero-order valence-corrected chi connectivity index (χ0v) is 13.8. The molecule has 1 aromatic rings. The van der Waals surface area contributed by atoms with Crippen LogP contribution in [0.5, 0.6) is 0 Å². The van der Waals surface area contributed by atoms with Crippen molar-refractivity contribution in [3.05, 3.63) is 35.9 Å². The molecule has 1 atom stereocenters. The van der Waals surface area contributed by atoms with Crippen LogP contribution in [0.3, 0.4) is 0 Å². The summed E-state index contributed by atoms with van der Waals surface area (Å²) in [5, 5.41) is 5.90. The highest BCUT2D eigenvalue weighted by Crippen LogP contribution is 2.43. The van der Waals surface area contributed by atoms with Crippen molar-refractivity contribution < 1.29 is 9.53 Å². The van der Waals surface area contributed by atoms with Gasteiger partial charge in [-0.2, -0.15) is 0 Å². The first-order chi connectivity index (χ1) is 11.2. The molecule has 23 heavy (non-hydrogen) atoms. The number of benzene rings is 1. The second-order valence-corrected chi connectivity index (χ2v) is 6.70. The van der Waals surface area contributed by atoms with Gasteiger partial charge in [-0.15, -0.1) is 0 Å². The van der Waals surface area contributed by atoms with Gasteiger partial charge in [0.15, 0.2) is 0 Å². The summed E-state index contributed by atoms with van der Waals surface area (Å²) < 4.78 is 5.93. The molecule has 2 aliphatic rings. The topological polar surface area (TPSA) is 50.4 Å². The Hall–Kier alpha value is -1.81. The highest BCUT2D eigenvalue weighted by molar-refractivity contribution is 5.89. The van der Waals surface area contributed by atoms with Crippen molar-refractivity contribution >= 4 is 17.8 Å². The van der Waals surface area contributed by atoms with E-state index in [0.29, 0.717) is 5.92 Å². The van der Waals surface area contributed by atoms with Crippen molar-refractivity contribution in [1.29, 1.82) is 0 Å². The Morgan fingerprint density at radius 3 is 2.78 bits per heavy atom. The van der Waals surface area contributed by atoms with E-state index in [-0.39, 0.29) is 11.6 Å². The van der Waals surface area contributed by atoms with Crippen molar-refractivity contribution in [2.75, 3.05) is 18.5 Å². The lowest BCUT2D eigenvalue weighted by Gasteiger charge is -2.47. The van der Waals surface area contributed by atoms with Gasteiger partial charge in [0.2, 0.25) is 0 Å². The van der Waals surface area contributed by atoms with Crippen LogP contribution in [0.25, 0.3) is 6.08 Å². The minimum absolute atomic E-state index is 0.127. The largest absolute Gasteiger partial charge is 0.375 e. The second kappa shape index (κ2) is 7.18. The van der Waals surface area contributed by atoms with Gasteiger partial charge in [0.1, 0.15) is 0 Å². The Bertz CT molecular complexity index is 561. The summed E-state index contributed by atoms with van der Waals surface area (Å²) >= 11 is 0. The van der Waals surface area contributed by atoms with E-state index < -0.39 is 0 Å². The summed E-state index contributed by atoms with van der Waals surface area (Å²) in [7, 11) is 0. The van der Waals surface area contributed by atoms with E-state index in [1.165, 1.54) is 19.3 Å². The smallest absolute Gasteiger partial charge is 0.319 e. The summed E-state index contributed by atoms with van der Waals surface area (Å²) in [5.74, 6) is 0.534. The normalized spacial score (nSPS) is 22.7. The maximum Gasteiger partial charge on any atom is 0.319 e. The fourth-order valence-electron chi connectivity index (χ4n) is 3.51. The zero-order valence-electron chi connectivity index (χ0n) is 13.8. The third-order valence-electron chi connectivity index (χ3n) is 4.94. The highest BCUT2D eigenvalue weighted by atomic mass is 16.5. The van der Waals surface area contributed by atoms with Gasteiger partial charge >= 0.3 is 6.03 Å². The zero-order chi connectivity index (χ0) is 16.1. The predicted molar refractivity (Wildman–Crippen MR) is 93.4 cm³/mol. The van der Waals surface area contributed by atoms with E-state index in [2.05, 4.69) is 10.6 Å². The van der Waals surface area contributed by atoms with E-state index >= 15 is 0 Å². The molecule has 2 amide bonds. The number of allylic oxidation sites excluding steroid dienone is 1. The third kappa shape index (κ3) is 4.14. The molecule has 1 saturated carbocycles. The molecule has 1 spiro atoms. The number of amides is 2. The van der Waals surface area contributed by atoms with Crippen LogP contribution in [0.2, 0.25) is 0 Å². The lowest BCUT2D eigenvalue weighted by molar-refractivity contribution is -0.142. The van der Waals surface area contributed by atoms with Crippen LogP contribution in [0.1, 0.15) is 44.6 Å². The lowest BCUT2D eigenvalue weighted by Crippen LogP contribution is -2.47. The van der Waals surface area contributed by atoms with Crippen LogP contribution in [0, 0.1) is 5.92 Å². The monoisotopic (exact) mass is 314 g/mol. The molecule has 124 valence electrons. The Morgan fingerprint density at radius 1 is 1.35 bits per heavy atom. The maximum atomic E-state index is 12.0. The Labute approximate surface area is 138 Å². The van der Waals surface area contributed by atoms with Crippen LogP contribution in [-0.4, -0.2) is 24.8 Å². The van der Waals surface area contributed by atoms with Gasteiger partial charge in [-0.05, 0) is 62.6 Å². The van der Waals surface area contributed by atoms with Crippen molar-refractivity contribution in [2.24, 2.45) is 5.92 Å². The quantitative estimate of drug-likeness (QED) is 0.875. The number of carbonyl (C=O) groups is 1. The number of hydrogen-bond donors (Lipinski definition) is 2. The molecule has 1 aromatic carbocycles. The number of ether oxygens (including phenoxy) is 1. The van der Waals surface area contributed by atoms with Gasteiger partial charge in [0.25, 0.3) is 0 Å². The van der Waals surface area contributed by atoms with Crippen LogP contribution in [0.4, 0.5) is 10.5 Å². The maximum absolute atomic E-state index is 12.0. The fourth-order valence-corrected chi connectivity index (χ4v) is 3.51. The number of hydrogen-bond acceptors (Lipinski definition) is 2. The molecule has 0 bridgehead atoms. The van der Waals surface area contributed by atoms with E-state index in [0.717, 1.165) is 37.2 Å². The predicted octanol–water partition coefficient (Wildman–Crippen LogP) is 4.19. The van der Waals surface area contributed by atoms with Gasteiger partial charge in [0, 0.05) is 18.8 Å². The van der Waals surface area contributed by atoms with Crippen LogP contribution in [-0.2, 0) is 4.74 Å². The summed E-state index contributed by atoms with van der Waals surface area (Å²) in [6, 6.07) is 7.71. The Kier molecular flexibility index (Phi) is 5.01. The van der Waals surface area contributed by atoms with Crippen molar-refractivity contribution in [3.8, 4) is 0 Å². The molecule has 1 saturated heterocycles. The minimum Gasteiger partial charge on any atom is -0.375 e. The van der Waals surface area contributed by atoms with Gasteiger partial charge < -0.3 is 15.4 Å². The molecule has 4 heteroatoms. The van der Waals surface area contributed by atoms with Gasteiger partial charge in [-0.1, -0.05) is 24.3 Å². The summed E-state index contributed by atoms with van der Waals surface area (Å²) in [6.45, 7) is 3.55. The van der Waals surface area contributed by atoms with E-state index in [1.807, 2.05) is 43.3 Å². The fraction of sp³-hybridized carbons (Fsp3) is 0.526. The van der Waals surface area contributed by atoms with E-state index in [4.69, 9.17) is 4.74 Å². The lowest BCUT2D eigenvalue weighted by atomic mass is 9.72. The number of nitrogens with one attached hydrogen (secondary N) is 2. The van der Waals surface area contributed by atoms with Crippen LogP contribution >= 0.6 is 0 Å². The molecule has 1 aliphatic heterocycles. The summed E-state index contributed by atoms with van der Waals surface area (Å²) in [6.07, 6.45) is 9.82. The molecular weight excluding hydrogens is 288 g/mol. The molecule has 4 nitrogen and oxygen atoms in total. The van der Waals surface area contributed by atoms with Gasteiger partial charge in [-0.25, -0.2) is 4.79 Å². The molecule has 2 N–H and O–H groups in total. The van der Waals surface area contributed by atoms with E-state index in [1.54, 1.807) is 0 Å². The number of urea groups is 1. The Balaban J connectivity index is 1.44. The molecule has 1 heterocycles.